The van der Waals surface area contributed by atoms with E-state index in [1.807, 2.05) is 0 Å². The minimum Gasteiger partial charge on any atom is -0.0980 e. The fourth-order valence-electron chi connectivity index (χ4n) is 8.06. The fourth-order valence-corrected chi connectivity index (χ4v) is 12.1. The van der Waals surface area contributed by atoms with E-state index < -0.39 is 0 Å². The maximum atomic E-state index is 2.68. The minimum absolute atomic E-state index is 0.142. The first-order valence-electron chi connectivity index (χ1n) is 22.4. The second-order valence-corrected chi connectivity index (χ2v) is 19.5. The average molecular weight is 665 g/mol. The molecule has 0 saturated carbocycles. The number of hydrogen-bond donors (Lipinski definition) is 0. The third-order valence-electron chi connectivity index (χ3n) is 11.2. The summed E-state index contributed by atoms with van der Waals surface area (Å²) in [5.74, 6) is 0. The van der Waals surface area contributed by atoms with Crippen molar-refractivity contribution < 1.29 is 0 Å². The molecule has 0 aliphatic carbocycles. The van der Waals surface area contributed by atoms with Crippen molar-refractivity contribution in [3.05, 3.63) is 0 Å². The van der Waals surface area contributed by atoms with E-state index in [2.05, 4.69) is 41.5 Å². The standard InChI is InChI=1S/C45H93P/c1-7-10-13-16-19-22-25-28-31-34-37-40-43(4)46(44(5)41-38-35-32-29-26-23-20-17-14-11-8-2)45(6)42-39-36-33-30-27-24-21-18-15-12-9-3/h43-45H,7-42H2,1-6H3. The predicted molar refractivity (Wildman–Crippen MR) is 219 cm³/mol. The van der Waals surface area contributed by atoms with Gasteiger partial charge in [0.15, 0.2) is 0 Å². The summed E-state index contributed by atoms with van der Waals surface area (Å²) in [6, 6.07) is 0. The van der Waals surface area contributed by atoms with E-state index in [-0.39, 0.29) is 7.92 Å². The zero-order valence-electron chi connectivity index (χ0n) is 33.6. The van der Waals surface area contributed by atoms with Crippen molar-refractivity contribution in [3.8, 4) is 0 Å². The highest BCUT2D eigenvalue weighted by molar-refractivity contribution is 7.59. The van der Waals surface area contributed by atoms with Gasteiger partial charge in [0.05, 0.1) is 0 Å². The second kappa shape index (κ2) is 38.2. The van der Waals surface area contributed by atoms with Crippen LogP contribution in [0.25, 0.3) is 0 Å². The first kappa shape index (κ1) is 46.4. The van der Waals surface area contributed by atoms with Gasteiger partial charge in [-0.25, -0.2) is 0 Å². The highest BCUT2D eigenvalue weighted by atomic mass is 31.1. The van der Waals surface area contributed by atoms with Gasteiger partial charge < -0.3 is 0 Å². The Morgan fingerprint density at radius 2 is 0.391 bits per heavy atom. The Bertz CT molecular complexity index is 467. The highest BCUT2D eigenvalue weighted by Gasteiger charge is 2.27. The molecule has 0 fully saturated rings. The van der Waals surface area contributed by atoms with Gasteiger partial charge in [-0.05, 0) is 36.2 Å². The molecular formula is C45H93P. The van der Waals surface area contributed by atoms with Gasteiger partial charge in [0, 0.05) is 0 Å². The molecule has 0 spiro atoms. The van der Waals surface area contributed by atoms with Crippen molar-refractivity contribution in [2.45, 2.75) is 290 Å². The largest absolute Gasteiger partial charge is 0.0980 e. The van der Waals surface area contributed by atoms with Crippen molar-refractivity contribution in [2.75, 3.05) is 0 Å². The van der Waals surface area contributed by atoms with Crippen molar-refractivity contribution in [3.63, 3.8) is 0 Å². The lowest BCUT2D eigenvalue weighted by Gasteiger charge is -2.36. The van der Waals surface area contributed by atoms with Gasteiger partial charge in [0.1, 0.15) is 0 Å². The molecule has 1 heteroatoms. The molecule has 3 unspecified atom stereocenters. The Morgan fingerprint density at radius 1 is 0.239 bits per heavy atom. The van der Waals surface area contributed by atoms with E-state index >= 15 is 0 Å². The SMILES string of the molecule is CCCCCCCCCCCCCC(C)P(C(C)CCCCCCCCCCCCC)C(C)CCCCCCCCCCCCC. The van der Waals surface area contributed by atoms with Crippen LogP contribution in [0.1, 0.15) is 273 Å². The molecule has 46 heavy (non-hydrogen) atoms. The van der Waals surface area contributed by atoms with Crippen molar-refractivity contribution in [1.82, 2.24) is 0 Å². The predicted octanol–water partition coefficient (Wildman–Crippen LogP) is 17.7. The molecule has 0 saturated heterocycles. The summed E-state index contributed by atoms with van der Waals surface area (Å²) in [4.78, 5) is 0. The Kier molecular flexibility index (Phi) is 38.6. The third-order valence-corrected chi connectivity index (χ3v) is 15.0. The average Bonchev–Trinajstić information content (AvgIpc) is 3.05. The van der Waals surface area contributed by atoms with E-state index in [4.69, 9.17) is 0 Å². The lowest BCUT2D eigenvalue weighted by molar-refractivity contribution is 0.536. The Labute approximate surface area is 296 Å². The van der Waals surface area contributed by atoms with Gasteiger partial charge in [0.25, 0.3) is 0 Å². The molecule has 3 atom stereocenters. The van der Waals surface area contributed by atoms with E-state index in [9.17, 15) is 0 Å². The topological polar surface area (TPSA) is 0 Å². The molecular weight excluding hydrogens is 571 g/mol. The molecule has 0 N–H and O–H groups in total. The van der Waals surface area contributed by atoms with Crippen LogP contribution in [-0.4, -0.2) is 17.0 Å². The summed E-state index contributed by atoms with van der Waals surface area (Å²) in [5, 5.41) is 0. The van der Waals surface area contributed by atoms with E-state index in [1.165, 1.54) is 231 Å². The summed E-state index contributed by atoms with van der Waals surface area (Å²) < 4.78 is 0. The van der Waals surface area contributed by atoms with Crippen molar-refractivity contribution in [2.24, 2.45) is 0 Å². The third kappa shape index (κ3) is 31.7. The smallest absolute Gasteiger partial charge is 0.0233 e. The van der Waals surface area contributed by atoms with Crippen LogP contribution in [0.5, 0.6) is 0 Å². The first-order valence-corrected chi connectivity index (χ1v) is 23.9. The molecule has 0 radical (unpaired) electrons. The lowest BCUT2D eigenvalue weighted by Crippen LogP contribution is -2.18. The molecule has 0 aliphatic rings. The normalized spacial score (nSPS) is 14.5. The van der Waals surface area contributed by atoms with Crippen molar-refractivity contribution >= 4 is 7.92 Å². The zero-order valence-corrected chi connectivity index (χ0v) is 34.5. The summed E-state index contributed by atoms with van der Waals surface area (Å²) >= 11 is 0. The van der Waals surface area contributed by atoms with Gasteiger partial charge in [-0.3, -0.25) is 0 Å². The summed E-state index contributed by atoms with van der Waals surface area (Å²) in [6.07, 6.45) is 53.0. The molecule has 0 aromatic heterocycles. The van der Waals surface area contributed by atoms with Crippen LogP contribution in [0.3, 0.4) is 0 Å². The van der Waals surface area contributed by atoms with Gasteiger partial charge >= 0.3 is 0 Å². The van der Waals surface area contributed by atoms with Gasteiger partial charge in [-0.15, -0.1) is 0 Å². The minimum atomic E-state index is 0.142. The van der Waals surface area contributed by atoms with Gasteiger partial charge in [-0.2, -0.15) is 0 Å². The van der Waals surface area contributed by atoms with Gasteiger partial charge in [-0.1, -0.05) is 261 Å². The van der Waals surface area contributed by atoms with E-state index in [1.54, 1.807) is 0 Å². The maximum Gasteiger partial charge on any atom is -0.0233 e. The second-order valence-electron chi connectivity index (χ2n) is 16.0. The quantitative estimate of drug-likeness (QED) is 0.0453. The number of unbranched alkanes of at least 4 members (excludes halogenated alkanes) is 30. The van der Waals surface area contributed by atoms with Gasteiger partial charge in [0.2, 0.25) is 0 Å². The molecule has 0 amide bonds. The van der Waals surface area contributed by atoms with E-state index in [0.29, 0.717) is 0 Å². The Balaban J connectivity index is 4.37. The molecule has 0 aliphatic heterocycles. The van der Waals surface area contributed by atoms with E-state index in [0.717, 1.165) is 17.0 Å². The van der Waals surface area contributed by atoms with Crippen LogP contribution in [0.2, 0.25) is 0 Å². The van der Waals surface area contributed by atoms with Crippen LogP contribution in [0.15, 0.2) is 0 Å². The summed E-state index contributed by atoms with van der Waals surface area (Å²) in [7, 11) is 0.142. The number of hydrogen-bond acceptors (Lipinski definition) is 0. The van der Waals surface area contributed by atoms with Crippen LogP contribution in [-0.2, 0) is 0 Å². The lowest BCUT2D eigenvalue weighted by atomic mass is 10.0. The molecule has 0 aromatic rings. The Hall–Kier alpha value is 0.430. The van der Waals surface area contributed by atoms with Crippen LogP contribution in [0.4, 0.5) is 0 Å². The molecule has 278 valence electrons. The summed E-state index contributed by atoms with van der Waals surface area (Å²) in [6.45, 7) is 15.0. The van der Waals surface area contributed by atoms with Crippen LogP contribution < -0.4 is 0 Å². The molecule has 0 nitrogen and oxygen atoms in total. The molecule has 0 rings (SSSR count). The molecule has 0 aromatic carbocycles. The maximum absolute atomic E-state index is 2.68. The number of rotatable bonds is 39. The fraction of sp³-hybridized carbons (Fsp3) is 1.00. The monoisotopic (exact) mass is 665 g/mol. The molecule has 0 bridgehead atoms. The molecule has 0 heterocycles. The Morgan fingerprint density at radius 3 is 0.565 bits per heavy atom. The zero-order chi connectivity index (χ0) is 33.8. The van der Waals surface area contributed by atoms with Crippen LogP contribution >= 0.6 is 7.92 Å². The highest BCUT2D eigenvalue weighted by Crippen LogP contribution is 2.55. The van der Waals surface area contributed by atoms with Crippen molar-refractivity contribution in [1.29, 1.82) is 0 Å². The summed E-state index contributed by atoms with van der Waals surface area (Å²) in [5.41, 5.74) is 2.91. The first-order chi connectivity index (χ1) is 22.6. The van der Waals surface area contributed by atoms with Crippen LogP contribution in [0, 0.1) is 0 Å².